The van der Waals surface area contributed by atoms with E-state index in [2.05, 4.69) is 32.9 Å². The number of carboxylic acid groups (broad SMARTS) is 1. The standard InChI is InChI=1S/C23H36O4/c1-13(10-21(26)27)17-6-7-18-16-5-4-14-11-15(24)8-9-22(14,2)19(16)12-20(25)23(17,18)3/h4-5,13-20,24-25H,6-12H2,1-3H3,(H,26,27)/t13-,14+,15+,16+,17-,18+,19+,20-,22+,23-/m1/s1. The molecule has 0 aliphatic heterocycles. The molecule has 4 heteroatoms. The van der Waals surface area contributed by atoms with Gasteiger partial charge in [0.1, 0.15) is 0 Å². The van der Waals surface area contributed by atoms with Gasteiger partial charge in [0.05, 0.1) is 12.2 Å². The Hall–Kier alpha value is -0.870. The smallest absolute Gasteiger partial charge is 0.303 e. The second-order valence-electron chi connectivity index (χ2n) is 10.6. The number of carbonyl (C=O) groups is 1. The van der Waals surface area contributed by atoms with Gasteiger partial charge in [0.2, 0.25) is 0 Å². The molecule has 0 spiro atoms. The Morgan fingerprint density at radius 3 is 2.56 bits per heavy atom. The highest BCUT2D eigenvalue weighted by molar-refractivity contribution is 5.67. The summed E-state index contributed by atoms with van der Waals surface area (Å²) in [5.41, 5.74) is -0.0104. The van der Waals surface area contributed by atoms with E-state index in [1.54, 1.807) is 0 Å². The van der Waals surface area contributed by atoms with Crippen molar-refractivity contribution >= 4 is 5.97 Å². The normalized spacial score (nSPS) is 52.6. The Bertz CT molecular complexity index is 630. The van der Waals surface area contributed by atoms with E-state index in [0.717, 1.165) is 38.5 Å². The second-order valence-corrected chi connectivity index (χ2v) is 10.6. The molecule has 4 rings (SSSR count). The zero-order valence-electron chi connectivity index (χ0n) is 17.0. The number of aliphatic hydroxyl groups excluding tert-OH is 2. The lowest BCUT2D eigenvalue weighted by Gasteiger charge is -2.60. The van der Waals surface area contributed by atoms with E-state index in [4.69, 9.17) is 0 Å². The average Bonchev–Trinajstić information content (AvgIpc) is 2.95. The van der Waals surface area contributed by atoms with E-state index in [9.17, 15) is 20.1 Å². The molecule has 0 aromatic rings. The second kappa shape index (κ2) is 6.59. The predicted molar refractivity (Wildman–Crippen MR) is 104 cm³/mol. The van der Waals surface area contributed by atoms with Crippen molar-refractivity contribution in [1.82, 2.24) is 0 Å². The monoisotopic (exact) mass is 376 g/mol. The van der Waals surface area contributed by atoms with Crippen molar-refractivity contribution in [1.29, 1.82) is 0 Å². The molecule has 27 heavy (non-hydrogen) atoms. The number of allylic oxidation sites excluding steroid dienone is 2. The van der Waals surface area contributed by atoms with E-state index in [1.165, 1.54) is 0 Å². The van der Waals surface area contributed by atoms with Gasteiger partial charge in [-0.05, 0) is 84.9 Å². The summed E-state index contributed by atoms with van der Waals surface area (Å²) in [6.45, 7) is 6.68. The van der Waals surface area contributed by atoms with Crippen LogP contribution in [0.2, 0.25) is 0 Å². The molecule has 4 aliphatic rings. The zero-order valence-corrected chi connectivity index (χ0v) is 17.0. The van der Waals surface area contributed by atoms with E-state index in [-0.39, 0.29) is 41.3 Å². The third kappa shape index (κ3) is 2.81. The highest BCUT2D eigenvalue weighted by atomic mass is 16.4. The maximum absolute atomic E-state index is 11.4. The number of hydrogen-bond donors (Lipinski definition) is 3. The largest absolute Gasteiger partial charge is 0.481 e. The SMILES string of the molecule is C[C@H](CC(=O)O)[C@H]1CC[C@H]2[C@@H]3C=C[C@H]4C[C@@H](O)CC[C@]4(C)[C@H]3C[C@@H](O)[C@]12C. The summed E-state index contributed by atoms with van der Waals surface area (Å²) in [6, 6.07) is 0. The number of carboxylic acids is 1. The Kier molecular flexibility index (Phi) is 4.74. The van der Waals surface area contributed by atoms with E-state index in [1.807, 2.05) is 0 Å². The molecule has 0 radical (unpaired) electrons. The van der Waals surface area contributed by atoms with Gasteiger partial charge in [0.25, 0.3) is 0 Å². The van der Waals surface area contributed by atoms with Crippen LogP contribution in [-0.4, -0.2) is 33.5 Å². The highest BCUT2D eigenvalue weighted by Gasteiger charge is 2.62. The summed E-state index contributed by atoms with van der Waals surface area (Å²) in [6.07, 6.45) is 10.2. The highest BCUT2D eigenvalue weighted by Crippen LogP contribution is 2.66. The van der Waals surface area contributed by atoms with Crippen LogP contribution in [0.1, 0.15) is 65.7 Å². The minimum atomic E-state index is -0.730. The molecule has 0 aromatic carbocycles. The van der Waals surface area contributed by atoms with Crippen molar-refractivity contribution in [2.45, 2.75) is 77.9 Å². The van der Waals surface area contributed by atoms with Gasteiger partial charge >= 0.3 is 5.97 Å². The summed E-state index contributed by atoms with van der Waals surface area (Å²) in [7, 11) is 0. The zero-order chi connectivity index (χ0) is 19.6. The predicted octanol–water partition coefficient (Wildman–Crippen LogP) is 3.86. The fraction of sp³-hybridized carbons (Fsp3) is 0.870. The maximum Gasteiger partial charge on any atom is 0.303 e. The van der Waals surface area contributed by atoms with Gasteiger partial charge in [-0.3, -0.25) is 4.79 Å². The van der Waals surface area contributed by atoms with Gasteiger partial charge < -0.3 is 15.3 Å². The molecular formula is C23H36O4. The van der Waals surface area contributed by atoms with Gasteiger partial charge in [-0.25, -0.2) is 0 Å². The first-order valence-electron chi connectivity index (χ1n) is 10.9. The first-order valence-corrected chi connectivity index (χ1v) is 10.9. The Morgan fingerprint density at radius 1 is 1.11 bits per heavy atom. The molecule has 0 heterocycles. The Morgan fingerprint density at radius 2 is 1.85 bits per heavy atom. The van der Waals surface area contributed by atoms with Crippen LogP contribution in [-0.2, 0) is 4.79 Å². The third-order valence-electron chi connectivity index (χ3n) is 9.50. The van der Waals surface area contributed by atoms with Crippen molar-refractivity contribution in [2.75, 3.05) is 0 Å². The first-order chi connectivity index (χ1) is 12.7. The first kappa shape index (κ1) is 19.4. The minimum absolute atomic E-state index is 0.101. The Balaban J connectivity index is 1.64. The van der Waals surface area contributed by atoms with Crippen LogP contribution in [0.15, 0.2) is 12.2 Å². The van der Waals surface area contributed by atoms with Gasteiger partial charge in [-0.2, -0.15) is 0 Å². The molecule has 3 fully saturated rings. The molecule has 152 valence electrons. The maximum atomic E-state index is 11.4. The minimum Gasteiger partial charge on any atom is -0.481 e. The van der Waals surface area contributed by atoms with Crippen molar-refractivity contribution in [2.24, 2.45) is 46.3 Å². The number of aliphatic hydroxyl groups is 2. The Labute approximate surface area is 163 Å². The van der Waals surface area contributed by atoms with Crippen molar-refractivity contribution < 1.29 is 20.1 Å². The molecule has 3 N–H and O–H groups in total. The number of fused-ring (bicyclic) bond motifs is 5. The van der Waals surface area contributed by atoms with E-state index in [0.29, 0.717) is 23.7 Å². The van der Waals surface area contributed by atoms with E-state index < -0.39 is 5.97 Å². The van der Waals surface area contributed by atoms with Crippen LogP contribution in [0.4, 0.5) is 0 Å². The van der Waals surface area contributed by atoms with E-state index >= 15 is 0 Å². The quantitative estimate of drug-likeness (QED) is 0.654. The molecule has 0 amide bonds. The van der Waals surface area contributed by atoms with Gasteiger partial charge in [0.15, 0.2) is 0 Å². The van der Waals surface area contributed by atoms with Crippen LogP contribution in [0.25, 0.3) is 0 Å². The number of rotatable bonds is 3. The molecule has 0 unspecified atom stereocenters. The fourth-order valence-corrected chi connectivity index (χ4v) is 7.95. The van der Waals surface area contributed by atoms with Crippen molar-refractivity contribution in [3.63, 3.8) is 0 Å². The lowest BCUT2D eigenvalue weighted by Crippen LogP contribution is -2.57. The third-order valence-corrected chi connectivity index (χ3v) is 9.50. The summed E-state index contributed by atoms with van der Waals surface area (Å²) >= 11 is 0. The van der Waals surface area contributed by atoms with Gasteiger partial charge in [0, 0.05) is 6.42 Å². The average molecular weight is 377 g/mol. The summed E-state index contributed by atoms with van der Waals surface area (Å²) < 4.78 is 0. The van der Waals surface area contributed by atoms with Crippen molar-refractivity contribution in [3.05, 3.63) is 12.2 Å². The van der Waals surface area contributed by atoms with Gasteiger partial charge in [-0.1, -0.05) is 32.9 Å². The number of aliphatic carboxylic acids is 1. The lowest BCUT2D eigenvalue weighted by atomic mass is 9.45. The van der Waals surface area contributed by atoms with Crippen LogP contribution in [0, 0.1) is 46.3 Å². The topological polar surface area (TPSA) is 77.8 Å². The van der Waals surface area contributed by atoms with Crippen LogP contribution >= 0.6 is 0 Å². The van der Waals surface area contributed by atoms with Gasteiger partial charge in [-0.15, -0.1) is 0 Å². The number of hydrogen-bond acceptors (Lipinski definition) is 3. The molecule has 0 aromatic heterocycles. The summed E-state index contributed by atoms with van der Waals surface area (Å²) in [5, 5.41) is 30.8. The molecule has 3 saturated carbocycles. The molecule has 0 saturated heterocycles. The molecular weight excluding hydrogens is 340 g/mol. The summed E-state index contributed by atoms with van der Waals surface area (Å²) in [5.74, 6) is 1.46. The fourth-order valence-electron chi connectivity index (χ4n) is 7.95. The van der Waals surface area contributed by atoms with Crippen molar-refractivity contribution in [3.8, 4) is 0 Å². The molecule has 10 atom stereocenters. The molecule has 4 nitrogen and oxygen atoms in total. The molecule has 0 bridgehead atoms. The van der Waals surface area contributed by atoms with Crippen LogP contribution < -0.4 is 0 Å². The van der Waals surface area contributed by atoms with Crippen LogP contribution in [0.3, 0.4) is 0 Å². The molecule has 4 aliphatic carbocycles. The van der Waals surface area contributed by atoms with Crippen LogP contribution in [0.5, 0.6) is 0 Å². The lowest BCUT2D eigenvalue weighted by molar-refractivity contribution is -0.149. The summed E-state index contributed by atoms with van der Waals surface area (Å²) in [4.78, 5) is 11.3.